The first-order valence-electron chi connectivity index (χ1n) is 5.12. The van der Waals surface area contributed by atoms with Crippen molar-refractivity contribution in [3.8, 4) is 0 Å². The molecule has 0 unspecified atom stereocenters. The molecule has 0 saturated heterocycles. The minimum Gasteiger partial charge on any atom is -0.397 e. The Hall–Kier alpha value is -1.49. The Bertz CT molecular complexity index is 425. The summed E-state index contributed by atoms with van der Waals surface area (Å²) in [5.41, 5.74) is 6.60. The van der Waals surface area contributed by atoms with Crippen molar-refractivity contribution in [1.82, 2.24) is 5.32 Å². The summed E-state index contributed by atoms with van der Waals surface area (Å²) < 4.78 is 13.1. The molecule has 0 aliphatic carbocycles. The van der Waals surface area contributed by atoms with Gasteiger partial charge in [-0.15, -0.1) is 0 Å². The van der Waals surface area contributed by atoms with Crippen LogP contribution < -0.4 is 16.0 Å². The fourth-order valence-electron chi connectivity index (χ4n) is 1.40. The molecule has 0 bridgehead atoms. The van der Waals surface area contributed by atoms with E-state index in [0.717, 1.165) is 0 Å². The van der Waals surface area contributed by atoms with Crippen molar-refractivity contribution in [2.45, 2.75) is 6.42 Å². The van der Waals surface area contributed by atoms with Crippen LogP contribution in [0.5, 0.6) is 0 Å². The number of nitrogens with one attached hydrogen (secondary N) is 1. The number of amides is 1. The molecule has 17 heavy (non-hydrogen) atoms. The van der Waals surface area contributed by atoms with Crippen LogP contribution in [-0.4, -0.2) is 26.5 Å². The summed E-state index contributed by atoms with van der Waals surface area (Å²) in [5, 5.41) is 2.54. The molecule has 1 rings (SSSR count). The molecular weight excluding hydrogens is 245 g/mol. The summed E-state index contributed by atoms with van der Waals surface area (Å²) in [6.45, 7) is 0.478. The molecule has 0 atom stereocenters. The quantitative estimate of drug-likeness (QED) is 0.808. The Morgan fingerprint density at radius 3 is 2.82 bits per heavy atom. The summed E-state index contributed by atoms with van der Waals surface area (Å²) >= 11 is 5.68. The molecule has 0 aliphatic heterocycles. The van der Waals surface area contributed by atoms with Gasteiger partial charge in [-0.3, -0.25) is 4.79 Å². The Morgan fingerprint density at radius 1 is 1.59 bits per heavy atom. The first-order chi connectivity index (χ1) is 7.95. The zero-order valence-corrected chi connectivity index (χ0v) is 10.5. The highest BCUT2D eigenvalue weighted by Gasteiger charge is 2.11. The number of rotatable bonds is 4. The van der Waals surface area contributed by atoms with E-state index in [9.17, 15) is 9.18 Å². The molecule has 0 fully saturated rings. The Labute approximate surface area is 105 Å². The predicted octanol–water partition coefficient (Wildman–Crippen LogP) is 1.63. The Morgan fingerprint density at radius 2 is 2.24 bits per heavy atom. The summed E-state index contributed by atoms with van der Waals surface area (Å²) in [6.07, 6.45) is 0.335. The first kappa shape index (κ1) is 13.6. The molecule has 0 spiro atoms. The van der Waals surface area contributed by atoms with Crippen molar-refractivity contribution in [3.05, 3.63) is 23.0 Å². The van der Waals surface area contributed by atoms with Gasteiger partial charge in [0, 0.05) is 33.1 Å². The lowest BCUT2D eigenvalue weighted by molar-refractivity contribution is -0.120. The van der Waals surface area contributed by atoms with Crippen molar-refractivity contribution in [3.63, 3.8) is 0 Å². The predicted molar refractivity (Wildman–Crippen MR) is 67.8 cm³/mol. The molecule has 3 N–H and O–H groups in total. The van der Waals surface area contributed by atoms with Crippen molar-refractivity contribution >= 4 is 28.9 Å². The highest BCUT2D eigenvalue weighted by molar-refractivity contribution is 6.31. The normalized spacial score (nSPS) is 10.1. The van der Waals surface area contributed by atoms with Crippen LogP contribution in [0.4, 0.5) is 15.8 Å². The zero-order chi connectivity index (χ0) is 13.0. The highest BCUT2D eigenvalue weighted by Crippen LogP contribution is 2.28. The fraction of sp³-hybridized carbons (Fsp3) is 0.364. The number of anilines is 2. The van der Waals surface area contributed by atoms with Crippen LogP contribution in [0.3, 0.4) is 0 Å². The summed E-state index contributed by atoms with van der Waals surface area (Å²) in [7, 11) is 3.34. The second kappa shape index (κ2) is 5.72. The molecule has 94 valence electrons. The number of nitrogens with zero attached hydrogens (tertiary/aromatic N) is 1. The number of nitrogen functional groups attached to an aromatic ring is 1. The third-order valence-electron chi connectivity index (χ3n) is 2.43. The Kier molecular flexibility index (Phi) is 4.57. The average Bonchev–Trinajstić information content (AvgIpc) is 2.30. The number of hydrogen-bond donors (Lipinski definition) is 2. The topological polar surface area (TPSA) is 58.4 Å². The maximum atomic E-state index is 13.1. The standard InChI is InChI=1S/C11H15ClFN3O/c1-15-11(17)3-4-16(2)10-5-7(12)8(13)6-9(10)14/h5-6H,3-4,14H2,1-2H3,(H,15,17). The van der Waals surface area contributed by atoms with E-state index in [1.807, 2.05) is 0 Å². The van der Waals surface area contributed by atoms with Gasteiger partial charge in [0.15, 0.2) is 0 Å². The van der Waals surface area contributed by atoms with Gasteiger partial charge in [-0.25, -0.2) is 4.39 Å². The molecule has 1 aromatic rings. The van der Waals surface area contributed by atoms with E-state index in [4.69, 9.17) is 17.3 Å². The molecule has 0 aromatic heterocycles. The van der Waals surface area contributed by atoms with Gasteiger partial charge >= 0.3 is 0 Å². The first-order valence-corrected chi connectivity index (χ1v) is 5.49. The number of carbonyl (C=O) groups excluding carboxylic acids is 1. The van der Waals surface area contributed by atoms with Gasteiger partial charge in [0.25, 0.3) is 0 Å². The van der Waals surface area contributed by atoms with Crippen LogP contribution in [0, 0.1) is 5.82 Å². The number of benzene rings is 1. The average molecular weight is 260 g/mol. The van der Waals surface area contributed by atoms with Crippen LogP contribution in [0.2, 0.25) is 5.02 Å². The van der Waals surface area contributed by atoms with Crippen molar-refractivity contribution in [2.75, 3.05) is 31.3 Å². The minimum atomic E-state index is -0.549. The van der Waals surface area contributed by atoms with E-state index >= 15 is 0 Å². The molecule has 1 aromatic carbocycles. The van der Waals surface area contributed by atoms with Crippen LogP contribution in [0.25, 0.3) is 0 Å². The van der Waals surface area contributed by atoms with Crippen molar-refractivity contribution in [2.24, 2.45) is 0 Å². The maximum Gasteiger partial charge on any atom is 0.221 e. The van der Waals surface area contributed by atoms with Gasteiger partial charge in [0.1, 0.15) is 5.82 Å². The third kappa shape index (κ3) is 3.49. The van der Waals surface area contributed by atoms with Gasteiger partial charge in [0.2, 0.25) is 5.91 Å². The minimum absolute atomic E-state index is 0.0148. The molecule has 0 radical (unpaired) electrons. The van der Waals surface area contributed by atoms with E-state index in [2.05, 4.69) is 5.32 Å². The molecule has 0 aliphatic rings. The van der Waals surface area contributed by atoms with E-state index in [0.29, 0.717) is 24.3 Å². The van der Waals surface area contributed by atoms with Crippen LogP contribution in [0.1, 0.15) is 6.42 Å². The van der Waals surface area contributed by atoms with Crippen LogP contribution in [-0.2, 0) is 4.79 Å². The lowest BCUT2D eigenvalue weighted by Gasteiger charge is -2.21. The van der Waals surface area contributed by atoms with Gasteiger partial charge in [-0.1, -0.05) is 11.6 Å². The second-order valence-corrected chi connectivity index (χ2v) is 4.08. The number of hydrogen-bond acceptors (Lipinski definition) is 3. The largest absolute Gasteiger partial charge is 0.397 e. The molecule has 4 nitrogen and oxygen atoms in total. The molecule has 0 saturated carbocycles. The lowest BCUT2D eigenvalue weighted by Crippen LogP contribution is -2.26. The molecular formula is C11H15ClFN3O. The fourth-order valence-corrected chi connectivity index (χ4v) is 1.55. The summed E-state index contributed by atoms with van der Waals surface area (Å²) in [4.78, 5) is 12.9. The van der Waals surface area contributed by atoms with E-state index < -0.39 is 5.82 Å². The van der Waals surface area contributed by atoms with Gasteiger partial charge < -0.3 is 16.0 Å². The molecule has 0 heterocycles. The van der Waals surface area contributed by atoms with E-state index in [-0.39, 0.29) is 10.9 Å². The van der Waals surface area contributed by atoms with Crippen LogP contribution >= 0.6 is 11.6 Å². The van der Waals surface area contributed by atoms with E-state index in [1.165, 1.54) is 12.1 Å². The van der Waals surface area contributed by atoms with Gasteiger partial charge in [-0.2, -0.15) is 0 Å². The summed E-state index contributed by atoms with van der Waals surface area (Å²) in [6, 6.07) is 2.63. The number of halogens is 2. The highest BCUT2D eigenvalue weighted by atomic mass is 35.5. The summed E-state index contributed by atoms with van der Waals surface area (Å²) in [5.74, 6) is -0.615. The van der Waals surface area contributed by atoms with E-state index in [1.54, 1.807) is 19.0 Å². The van der Waals surface area contributed by atoms with Gasteiger partial charge in [-0.05, 0) is 6.07 Å². The monoisotopic (exact) mass is 259 g/mol. The zero-order valence-electron chi connectivity index (χ0n) is 9.76. The third-order valence-corrected chi connectivity index (χ3v) is 2.72. The smallest absolute Gasteiger partial charge is 0.221 e. The maximum absolute atomic E-state index is 13.1. The number of carbonyl (C=O) groups is 1. The molecule has 6 heteroatoms. The SMILES string of the molecule is CNC(=O)CCN(C)c1cc(Cl)c(F)cc1N. The number of nitrogens with two attached hydrogens (primary N) is 1. The Balaban J connectivity index is 2.78. The van der Waals surface area contributed by atoms with Crippen molar-refractivity contribution < 1.29 is 9.18 Å². The van der Waals surface area contributed by atoms with Crippen LogP contribution in [0.15, 0.2) is 12.1 Å². The van der Waals surface area contributed by atoms with Gasteiger partial charge in [0.05, 0.1) is 16.4 Å². The second-order valence-electron chi connectivity index (χ2n) is 3.67. The van der Waals surface area contributed by atoms with Crippen molar-refractivity contribution in [1.29, 1.82) is 0 Å². The molecule has 1 amide bonds. The lowest BCUT2D eigenvalue weighted by atomic mass is 10.2.